The number of nitrogens with one attached hydrogen (secondary N) is 3. The number of unbranched alkanes of at least 4 members (excludes halogenated alkanes) is 3. The lowest BCUT2D eigenvalue weighted by Crippen LogP contribution is -2.56. The lowest BCUT2D eigenvalue weighted by molar-refractivity contribution is -0.144. The van der Waals surface area contributed by atoms with Crippen molar-refractivity contribution in [3.8, 4) is 0 Å². The van der Waals surface area contributed by atoms with Gasteiger partial charge in [0.25, 0.3) is 5.91 Å². The number of hydrogen-bond acceptors (Lipinski definition) is 6. The van der Waals surface area contributed by atoms with Gasteiger partial charge in [0.15, 0.2) is 0 Å². The third-order valence-electron chi connectivity index (χ3n) is 5.86. The summed E-state index contributed by atoms with van der Waals surface area (Å²) in [7, 11) is 0. The van der Waals surface area contributed by atoms with Crippen LogP contribution < -0.4 is 21.7 Å². The number of carbonyl (C=O) groups excluding carboxylic acids is 3. The maximum Gasteiger partial charge on any atom is 0.325 e. The topological polar surface area (TPSA) is 160 Å². The molecule has 0 spiro atoms. The molecular formula is C28H37ClN4O6. The van der Waals surface area contributed by atoms with Crippen LogP contribution >= 0.6 is 11.6 Å². The maximum atomic E-state index is 13.3. The smallest absolute Gasteiger partial charge is 0.325 e. The van der Waals surface area contributed by atoms with Gasteiger partial charge in [-0.1, -0.05) is 66.9 Å². The Labute approximate surface area is 233 Å². The fraction of sp³-hybridized carbons (Fsp3) is 0.429. The van der Waals surface area contributed by atoms with Crippen LogP contribution in [0.4, 0.5) is 0 Å². The number of halogens is 1. The van der Waals surface area contributed by atoms with E-state index in [1.807, 2.05) is 30.3 Å². The van der Waals surface area contributed by atoms with E-state index in [1.54, 1.807) is 24.3 Å². The molecule has 0 aliphatic rings. The number of benzene rings is 2. The van der Waals surface area contributed by atoms with Gasteiger partial charge in [0, 0.05) is 17.9 Å². The minimum atomic E-state index is -1.38. The highest BCUT2D eigenvalue weighted by molar-refractivity contribution is 6.30. The van der Waals surface area contributed by atoms with Crippen molar-refractivity contribution < 1.29 is 29.0 Å². The zero-order valence-corrected chi connectivity index (χ0v) is 22.8. The predicted octanol–water partition coefficient (Wildman–Crippen LogP) is 2.52. The maximum absolute atomic E-state index is 13.3. The molecule has 2 unspecified atom stereocenters. The minimum absolute atomic E-state index is 0.0415. The summed E-state index contributed by atoms with van der Waals surface area (Å²) in [5, 5.41) is 17.3. The van der Waals surface area contributed by atoms with E-state index < -0.39 is 36.1 Å². The van der Waals surface area contributed by atoms with Crippen molar-refractivity contribution in [3.63, 3.8) is 0 Å². The quantitative estimate of drug-likeness (QED) is 0.147. The Kier molecular flexibility index (Phi) is 14.0. The first kappa shape index (κ1) is 31.7. The fourth-order valence-corrected chi connectivity index (χ4v) is 3.75. The summed E-state index contributed by atoms with van der Waals surface area (Å²) in [4.78, 5) is 50.2. The van der Waals surface area contributed by atoms with Gasteiger partial charge >= 0.3 is 5.97 Å². The minimum Gasteiger partial charge on any atom is -0.480 e. The van der Waals surface area contributed by atoms with E-state index in [0.29, 0.717) is 23.6 Å². The first-order valence-corrected chi connectivity index (χ1v) is 13.3. The van der Waals surface area contributed by atoms with Gasteiger partial charge in [-0.25, -0.2) is 0 Å². The fourth-order valence-electron chi connectivity index (χ4n) is 3.63. The SMILES string of the molecule is CC(NC(=O)C(Cc1ccc(Cl)cc1)NC(=O)[C@@H](NC(=O)CCCCCCN)OCc1ccccc1)C(=O)O. The number of nitrogens with two attached hydrogens (primary N) is 1. The summed E-state index contributed by atoms with van der Waals surface area (Å²) >= 11 is 5.96. The van der Waals surface area contributed by atoms with Crippen LogP contribution in [0.3, 0.4) is 0 Å². The zero-order valence-electron chi connectivity index (χ0n) is 22.0. The van der Waals surface area contributed by atoms with Crippen LogP contribution in [0.1, 0.15) is 50.2 Å². The van der Waals surface area contributed by atoms with Crippen molar-refractivity contribution in [3.05, 3.63) is 70.7 Å². The van der Waals surface area contributed by atoms with Crippen LogP contribution in [0.2, 0.25) is 5.02 Å². The van der Waals surface area contributed by atoms with Crippen molar-refractivity contribution in [1.29, 1.82) is 0 Å². The number of aliphatic carboxylic acids is 1. The molecule has 0 bridgehead atoms. The molecule has 0 saturated heterocycles. The first-order chi connectivity index (χ1) is 18.7. The third kappa shape index (κ3) is 12.3. The van der Waals surface area contributed by atoms with Gasteiger partial charge < -0.3 is 31.5 Å². The third-order valence-corrected chi connectivity index (χ3v) is 6.11. The first-order valence-electron chi connectivity index (χ1n) is 12.9. The molecule has 10 nitrogen and oxygen atoms in total. The molecule has 2 aromatic rings. The van der Waals surface area contributed by atoms with Crippen LogP contribution in [0.15, 0.2) is 54.6 Å². The van der Waals surface area contributed by atoms with Crippen LogP contribution in [0.5, 0.6) is 0 Å². The Morgan fingerprint density at radius 2 is 1.54 bits per heavy atom. The standard InChI is InChI=1S/C28H37ClN4O6/c1-19(28(37)38)31-25(35)23(17-20-12-14-22(29)15-13-20)32-26(36)27(39-18-21-9-5-4-6-10-21)33-24(34)11-7-2-3-8-16-30/h4-6,9-10,12-15,19,23,27H,2-3,7-8,11,16-18,30H2,1H3,(H,31,35)(H,32,36)(H,33,34)(H,37,38)/t19?,23?,27-/m0/s1. The summed E-state index contributed by atoms with van der Waals surface area (Å²) in [5.74, 6) is -3.02. The molecule has 3 atom stereocenters. The van der Waals surface area contributed by atoms with Crippen molar-refractivity contribution >= 4 is 35.3 Å². The van der Waals surface area contributed by atoms with Crippen molar-refractivity contribution in [2.75, 3.05) is 6.54 Å². The number of carboxylic acid groups (broad SMARTS) is 1. The second kappa shape index (κ2) is 17.2. The molecule has 6 N–H and O–H groups in total. The zero-order chi connectivity index (χ0) is 28.6. The Morgan fingerprint density at radius 3 is 2.18 bits per heavy atom. The largest absolute Gasteiger partial charge is 0.480 e. The number of ether oxygens (including phenoxy) is 1. The molecule has 2 rings (SSSR count). The van der Waals surface area contributed by atoms with E-state index in [0.717, 1.165) is 24.8 Å². The number of rotatable bonds is 17. The van der Waals surface area contributed by atoms with Gasteiger partial charge in [-0.15, -0.1) is 0 Å². The van der Waals surface area contributed by atoms with Gasteiger partial charge in [-0.3, -0.25) is 19.2 Å². The molecule has 11 heteroatoms. The summed E-state index contributed by atoms with van der Waals surface area (Å²) in [6.07, 6.45) is 2.14. The van der Waals surface area contributed by atoms with Crippen molar-refractivity contribution in [2.45, 2.75) is 70.4 Å². The summed E-state index contributed by atoms with van der Waals surface area (Å²) in [5.41, 5.74) is 6.98. The van der Waals surface area contributed by atoms with E-state index in [2.05, 4.69) is 16.0 Å². The lowest BCUT2D eigenvalue weighted by Gasteiger charge is -2.24. The number of carboxylic acids is 1. The second-order valence-corrected chi connectivity index (χ2v) is 9.59. The molecule has 39 heavy (non-hydrogen) atoms. The van der Waals surface area contributed by atoms with Crippen LogP contribution in [0, 0.1) is 0 Å². The molecule has 0 fully saturated rings. The van der Waals surface area contributed by atoms with E-state index in [9.17, 15) is 24.3 Å². The molecule has 0 saturated carbocycles. The number of hydrogen-bond donors (Lipinski definition) is 5. The van der Waals surface area contributed by atoms with Gasteiger partial charge in [0.2, 0.25) is 18.0 Å². The summed E-state index contributed by atoms with van der Waals surface area (Å²) in [6, 6.07) is 13.5. The van der Waals surface area contributed by atoms with Crippen LogP contribution in [-0.4, -0.2) is 53.7 Å². The van der Waals surface area contributed by atoms with Crippen molar-refractivity contribution in [2.24, 2.45) is 5.73 Å². The van der Waals surface area contributed by atoms with Gasteiger partial charge in [-0.2, -0.15) is 0 Å². The molecule has 0 aromatic heterocycles. The molecular weight excluding hydrogens is 524 g/mol. The van der Waals surface area contributed by atoms with Gasteiger partial charge in [-0.05, 0) is 49.6 Å². The van der Waals surface area contributed by atoms with Gasteiger partial charge in [0.05, 0.1) is 6.61 Å². The average molecular weight is 561 g/mol. The highest BCUT2D eigenvalue weighted by Gasteiger charge is 2.29. The summed E-state index contributed by atoms with van der Waals surface area (Å²) < 4.78 is 5.77. The molecule has 0 aliphatic heterocycles. The van der Waals surface area contributed by atoms with E-state index >= 15 is 0 Å². The molecule has 0 heterocycles. The Morgan fingerprint density at radius 1 is 0.872 bits per heavy atom. The monoisotopic (exact) mass is 560 g/mol. The number of amides is 3. The molecule has 3 amide bonds. The van der Waals surface area contributed by atoms with E-state index in [1.165, 1.54) is 6.92 Å². The van der Waals surface area contributed by atoms with Crippen LogP contribution in [0.25, 0.3) is 0 Å². The van der Waals surface area contributed by atoms with E-state index in [-0.39, 0.29) is 25.4 Å². The Hall–Kier alpha value is -3.47. The number of carbonyl (C=O) groups is 4. The molecule has 2 aromatic carbocycles. The Balaban J connectivity index is 2.15. The normalized spacial score (nSPS) is 13.1. The summed E-state index contributed by atoms with van der Waals surface area (Å²) in [6.45, 7) is 1.96. The van der Waals surface area contributed by atoms with Gasteiger partial charge in [0.1, 0.15) is 12.1 Å². The highest BCUT2D eigenvalue weighted by Crippen LogP contribution is 2.12. The highest BCUT2D eigenvalue weighted by atomic mass is 35.5. The molecule has 0 aliphatic carbocycles. The molecule has 212 valence electrons. The predicted molar refractivity (Wildman–Crippen MR) is 148 cm³/mol. The lowest BCUT2D eigenvalue weighted by atomic mass is 10.0. The molecule has 0 radical (unpaired) electrons. The second-order valence-electron chi connectivity index (χ2n) is 9.16. The van der Waals surface area contributed by atoms with E-state index in [4.69, 9.17) is 22.1 Å². The average Bonchev–Trinajstić information content (AvgIpc) is 2.92. The van der Waals surface area contributed by atoms with Crippen molar-refractivity contribution in [1.82, 2.24) is 16.0 Å². The van der Waals surface area contributed by atoms with Crippen LogP contribution in [-0.2, 0) is 36.9 Å². The Bertz CT molecular complexity index is 1070.